The first kappa shape index (κ1) is 23.2. The average molecular weight is 431 g/mol. The molecule has 0 radical (unpaired) electrons. The molecule has 0 aromatic heterocycles. The van der Waals surface area contributed by atoms with E-state index in [1.807, 2.05) is 19.9 Å². The van der Waals surface area contributed by atoms with E-state index in [9.17, 15) is 18.3 Å². The lowest BCUT2D eigenvalue weighted by molar-refractivity contribution is -0.138. The molecule has 2 aromatic rings. The van der Waals surface area contributed by atoms with Gasteiger partial charge in [0.1, 0.15) is 0 Å². The molecular formula is C21H26N4O4S. The largest absolute Gasteiger partial charge is 0.479 e. The Morgan fingerprint density at radius 2 is 1.83 bits per heavy atom. The molecule has 0 saturated carbocycles. The maximum Gasteiger partial charge on any atom is 0.330 e. The fraction of sp³-hybridized carbons (Fsp3) is 0.333. The van der Waals surface area contributed by atoms with E-state index in [4.69, 9.17) is 5.26 Å². The van der Waals surface area contributed by atoms with Crippen LogP contribution in [0, 0.1) is 11.3 Å². The Bertz CT molecular complexity index is 1010. The predicted molar refractivity (Wildman–Crippen MR) is 116 cm³/mol. The van der Waals surface area contributed by atoms with Crippen LogP contribution in [-0.4, -0.2) is 26.0 Å². The van der Waals surface area contributed by atoms with Crippen molar-refractivity contribution in [2.75, 3.05) is 16.6 Å². The smallest absolute Gasteiger partial charge is 0.330 e. The molecule has 8 nitrogen and oxygen atoms in total. The van der Waals surface area contributed by atoms with Gasteiger partial charge in [-0.05, 0) is 60.4 Å². The zero-order valence-corrected chi connectivity index (χ0v) is 17.8. The number of rotatable bonds is 11. The number of nitrogens with one attached hydrogen (secondary N) is 3. The summed E-state index contributed by atoms with van der Waals surface area (Å²) in [6.07, 6.45) is 2.19. The molecule has 0 heterocycles. The van der Waals surface area contributed by atoms with Crippen LogP contribution >= 0.6 is 0 Å². The quantitative estimate of drug-likeness (QED) is 0.404. The number of hydrogen-bond donors (Lipinski definition) is 4. The van der Waals surface area contributed by atoms with Gasteiger partial charge in [0.2, 0.25) is 0 Å². The second-order valence-corrected chi connectivity index (χ2v) is 8.27. The number of unbranched alkanes of at least 4 members (excludes halogenated alkanes) is 1. The maximum absolute atomic E-state index is 12.3. The van der Waals surface area contributed by atoms with Gasteiger partial charge in [-0.1, -0.05) is 26.3 Å². The molecule has 0 fully saturated rings. The van der Waals surface area contributed by atoms with Crippen molar-refractivity contribution in [3.05, 3.63) is 59.2 Å². The number of nitrogens with zero attached hydrogens (tertiary/aromatic N) is 1. The summed E-state index contributed by atoms with van der Waals surface area (Å²) in [5.41, 5.74) is 2.50. The number of anilines is 2. The molecule has 9 heteroatoms. The van der Waals surface area contributed by atoms with Crippen molar-refractivity contribution in [2.45, 2.75) is 39.2 Å². The number of carbonyl (C=O) groups is 1. The van der Waals surface area contributed by atoms with Crippen LogP contribution in [0.25, 0.3) is 0 Å². The normalized spacial score (nSPS) is 12.0. The van der Waals surface area contributed by atoms with Crippen molar-refractivity contribution >= 4 is 27.6 Å². The van der Waals surface area contributed by atoms with Crippen LogP contribution < -0.4 is 14.8 Å². The molecule has 0 saturated heterocycles. The minimum atomic E-state index is -3.76. The topological polar surface area (TPSA) is 131 Å². The molecule has 0 amide bonds. The summed E-state index contributed by atoms with van der Waals surface area (Å²) in [7, 11) is -3.76. The van der Waals surface area contributed by atoms with Gasteiger partial charge in [0.15, 0.2) is 6.04 Å². The van der Waals surface area contributed by atoms with Crippen molar-refractivity contribution in [1.29, 1.82) is 5.26 Å². The second kappa shape index (κ2) is 10.6. The molecule has 0 aliphatic heterocycles. The molecule has 1 unspecified atom stereocenters. The third-order valence-electron chi connectivity index (χ3n) is 4.40. The van der Waals surface area contributed by atoms with Gasteiger partial charge in [0.25, 0.3) is 10.2 Å². The van der Waals surface area contributed by atoms with E-state index in [-0.39, 0.29) is 0 Å². The van der Waals surface area contributed by atoms with Gasteiger partial charge in [-0.2, -0.15) is 18.4 Å². The number of hydrogen-bond acceptors (Lipinski definition) is 5. The minimum absolute atomic E-state index is 0.293. The predicted octanol–water partition coefficient (Wildman–Crippen LogP) is 3.40. The summed E-state index contributed by atoms with van der Waals surface area (Å²) in [6.45, 7) is 4.19. The summed E-state index contributed by atoms with van der Waals surface area (Å²) in [5.74, 6) is -1.11. The van der Waals surface area contributed by atoms with Crippen LogP contribution in [-0.2, 0) is 21.4 Å². The molecule has 4 N–H and O–H groups in total. The van der Waals surface area contributed by atoms with Crippen molar-refractivity contribution in [1.82, 2.24) is 4.72 Å². The Morgan fingerprint density at radius 3 is 2.40 bits per heavy atom. The number of benzene rings is 2. The van der Waals surface area contributed by atoms with Crippen LogP contribution in [0.2, 0.25) is 0 Å². The molecular weight excluding hydrogens is 404 g/mol. The van der Waals surface area contributed by atoms with Crippen LogP contribution in [0.5, 0.6) is 0 Å². The summed E-state index contributed by atoms with van der Waals surface area (Å²) < 4.78 is 29.5. The zero-order chi connectivity index (χ0) is 22.1. The summed E-state index contributed by atoms with van der Waals surface area (Å²) in [5, 5.41) is 21.6. The van der Waals surface area contributed by atoms with Gasteiger partial charge in [0, 0.05) is 12.2 Å². The van der Waals surface area contributed by atoms with E-state index < -0.39 is 22.2 Å². The highest BCUT2D eigenvalue weighted by atomic mass is 32.2. The number of nitriles is 1. The van der Waals surface area contributed by atoms with Gasteiger partial charge in [0.05, 0.1) is 17.3 Å². The second-order valence-electron chi connectivity index (χ2n) is 6.77. The highest BCUT2D eigenvalue weighted by Crippen LogP contribution is 2.25. The van der Waals surface area contributed by atoms with Crippen molar-refractivity contribution < 1.29 is 18.3 Å². The van der Waals surface area contributed by atoms with E-state index >= 15 is 0 Å². The lowest BCUT2D eigenvalue weighted by atomic mass is 10.0. The molecule has 160 valence electrons. The highest BCUT2D eigenvalue weighted by Gasteiger charge is 2.21. The van der Waals surface area contributed by atoms with Crippen LogP contribution in [0.1, 0.15) is 49.4 Å². The first-order valence-corrected chi connectivity index (χ1v) is 11.2. The average Bonchev–Trinajstić information content (AvgIpc) is 2.71. The summed E-state index contributed by atoms with van der Waals surface area (Å²) in [6, 6.07) is 12.3. The maximum atomic E-state index is 12.3. The first-order chi connectivity index (χ1) is 14.3. The first-order valence-electron chi connectivity index (χ1n) is 9.68. The number of aliphatic carboxylic acids is 1. The molecule has 0 aliphatic carbocycles. The van der Waals surface area contributed by atoms with Gasteiger partial charge >= 0.3 is 5.97 Å². The van der Waals surface area contributed by atoms with Crippen LogP contribution in [0.4, 0.5) is 11.4 Å². The minimum Gasteiger partial charge on any atom is -0.479 e. The monoisotopic (exact) mass is 430 g/mol. The van der Waals surface area contributed by atoms with Gasteiger partial charge in [-0.25, -0.2) is 4.79 Å². The zero-order valence-electron chi connectivity index (χ0n) is 17.0. The van der Waals surface area contributed by atoms with Crippen LogP contribution in [0.15, 0.2) is 42.5 Å². The van der Waals surface area contributed by atoms with Gasteiger partial charge in [-0.3, -0.25) is 4.72 Å². The van der Waals surface area contributed by atoms with Gasteiger partial charge in [-0.15, -0.1) is 0 Å². The summed E-state index contributed by atoms with van der Waals surface area (Å²) >= 11 is 0. The van der Waals surface area contributed by atoms with Crippen molar-refractivity contribution in [3.8, 4) is 6.07 Å². The fourth-order valence-corrected chi connectivity index (χ4v) is 3.73. The SMILES string of the molecule is CCCCNS(=O)(=O)Nc1cc(CC)cc(C(Nc2ccc(C#N)cc2)C(=O)O)c1. The number of carboxylic acid groups (broad SMARTS) is 1. The standard InChI is InChI=1S/C21H26N4O4S/c1-3-5-10-23-30(28,29)25-19-12-15(4-2)11-17(13-19)20(21(26)27)24-18-8-6-16(14-22)7-9-18/h6-9,11-13,20,23-25H,3-5,10H2,1-2H3,(H,26,27). The van der Waals surface area contributed by atoms with E-state index in [1.54, 1.807) is 36.4 Å². The van der Waals surface area contributed by atoms with E-state index in [0.29, 0.717) is 35.5 Å². The van der Waals surface area contributed by atoms with Crippen molar-refractivity contribution in [3.63, 3.8) is 0 Å². The summed E-state index contributed by atoms with van der Waals surface area (Å²) in [4.78, 5) is 11.9. The molecule has 2 rings (SSSR count). The Kier molecular flexibility index (Phi) is 8.21. The lowest BCUT2D eigenvalue weighted by Crippen LogP contribution is -2.31. The molecule has 30 heavy (non-hydrogen) atoms. The molecule has 1 atom stereocenters. The Labute approximate surface area is 177 Å². The fourth-order valence-electron chi connectivity index (χ4n) is 2.82. The van der Waals surface area contributed by atoms with E-state index in [1.165, 1.54) is 6.07 Å². The molecule has 0 spiro atoms. The van der Waals surface area contributed by atoms with Crippen molar-refractivity contribution in [2.24, 2.45) is 0 Å². The third-order valence-corrected chi connectivity index (χ3v) is 5.49. The molecule has 0 aliphatic rings. The molecule has 0 bridgehead atoms. The van der Waals surface area contributed by atoms with Gasteiger partial charge < -0.3 is 10.4 Å². The number of aryl methyl sites for hydroxylation is 1. The Balaban J connectivity index is 2.31. The molecule has 2 aromatic carbocycles. The highest BCUT2D eigenvalue weighted by molar-refractivity contribution is 7.90. The number of carboxylic acids is 1. The van der Waals surface area contributed by atoms with Crippen LogP contribution in [0.3, 0.4) is 0 Å². The lowest BCUT2D eigenvalue weighted by Gasteiger charge is -2.19. The Hall–Kier alpha value is -3.09. The van der Waals surface area contributed by atoms with E-state index in [0.717, 1.165) is 18.4 Å². The Morgan fingerprint density at radius 1 is 1.13 bits per heavy atom. The third kappa shape index (κ3) is 6.76. The van der Waals surface area contributed by atoms with E-state index in [2.05, 4.69) is 14.8 Å².